The molecule has 2 heterocycles. The highest BCUT2D eigenvalue weighted by molar-refractivity contribution is 5.89. The molecule has 1 saturated heterocycles. The molecule has 0 aromatic carbocycles. The molecule has 5 heteroatoms. The van der Waals surface area contributed by atoms with Crippen molar-refractivity contribution in [1.82, 2.24) is 4.90 Å². The van der Waals surface area contributed by atoms with Crippen LogP contribution >= 0.6 is 0 Å². The third-order valence-electron chi connectivity index (χ3n) is 6.80. The van der Waals surface area contributed by atoms with E-state index in [2.05, 4.69) is 17.9 Å². The van der Waals surface area contributed by atoms with E-state index >= 15 is 0 Å². The number of piperidine rings is 1. The predicted molar refractivity (Wildman–Crippen MR) is 94.9 cm³/mol. The third kappa shape index (κ3) is 3.35. The molecule has 2 aliphatic heterocycles. The van der Waals surface area contributed by atoms with Gasteiger partial charge in [0.05, 0.1) is 14.2 Å². The van der Waals surface area contributed by atoms with Gasteiger partial charge in [-0.1, -0.05) is 25.8 Å². The Morgan fingerprint density at radius 1 is 1.24 bits per heavy atom. The Labute approximate surface area is 150 Å². The second kappa shape index (κ2) is 7.48. The van der Waals surface area contributed by atoms with Crippen molar-refractivity contribution in [3.63, 3.8) is 0 Å². The van der Waals surface area contributed by atoms with Gasteiger partial charge in [0.2, 0.25) is 0 Å². The van der Waals surface area contributed by atoms with Crippen LogP contribution in [0.5, 0.6) is 0 Å². The molecule has 0 aromatic rings. The minimum absolute atomic E-state index is 0.115. The van der Waals surface area contributed by atoms with Crippen LogP contribution in [0.2, 0.25) is 0 Å². The normalized spacial score (nSPS) is 33.5. The van der Waals surface area contributed by atoms with Crippen LogP contribution < -0.4 is 0 Å². The second-order valence-corrected chi connectivity index (χ2v) is 7.99. The van der Waals surface area contributed by atoms with Gasteiger partial charge in [0, 0.05) is 30.1 Å². The largest absolute Gasteiger partial charge is 0.469 e. The number of hydrogen-bond acceptors (Lipinski definition) is 5. The molecule has 1 saturated carbocycles. The Kier molecular flexibility index (Phi) is 5.52. The Morgan fingerprint density at radius 3 is 2.64 bits per heavy atom. The fraction of sp³-hybridized carbons (Fsp3) is 0.800. The lowest BCUT2D eigenvalue weighted by atomic mass is 9.69. The Balaban J connectivity index is 1.84. The number of methoxy groups -OCH3 is 2. The molecule has 1 spiro atoms. The summed E-state index contributed by atoms with van der Waals surface area (Å²) in [6, 6.07) is 0.521. The van der Waals surface area contributed by atoms with Gasteiger partial charge in [0.15, 0.2) is 0 Å². The van der Waals surface area contributed by atoms with Gasteiger partial charge >= 0.3 is 11.9 Å². The van der Waals surface area contributed by atoms with E-state index < -0.39 is 0 Å². The van der Waals surface area contributed by atoms with Crippen molar-refractivity contribution in [2.75, 3.05) is 20.8 Å². The molecule has 5 nitrogen and oxygen atoms in total. The lowest BCUT2D eigenvalue weighted by molar-refractivity contribution is -0.142. The van der Waals surface area contributed by atoms with Gasteiger partial charge < -0.3 is 9.47 Å². The highest BCUT2D eigenvalue weighted by Gasteiger charge is 2.53. The van der Waals surface area contributed by atoms with Crippen molar-refractivity contribution in [2.24, 2.45) is 11.8 Å². The van der Waals surface area contributed by atoms with Crippen molar-refractivity contribution in [2.45, 2.75) is 69.9 Å². The molecular weight excluding hydrogens is 318 g/mol. The number of rotatable bonds is 4. The van der Waals surface area contributed by atoms with Gasteiger partial charge in [0.25, 0.3) is 0 Å². The van der Waals surface area contributed by atoms with Crippen molar-refractivity contribution < 1.29 is 19.1 Å². The van der Waals surface area contributed by atoms with Crippen molar-refractivity contribution in [3.8, 4) is 0 Å². The molecule has 0 aromatic heterocycles. The van der Waals surface area contributed by atoms with Crippen LogP contribution in [0.25, 0.3) is 0 Å². The molecule has 0 N–H and O–H groups in total. The van der Waals surface area contributed by atoms with Gasteiger partial charge in [-0.05, 0) is 43.9 Å². The lowest BCUT2D eigenvalue weighted by Crippen LogP contribution is -2.61. The van der Waals surface area contributed by atoms with Crippen LogP contribution in [0.3, 0.4) is 0 Å². The monoisotopic (exact) mass is 349 g/mol. The van der Waals surface area contributed by atoms with E-state index in [9.17, 15) is 9.59 Å². The molecule has 140 valence electrons. The number of carbonyl (C=O) groups excluding carboxylic acids is 2. The predicted octanol–water partition coefficient (Wildman–Crippen LogP) is 3.08. The van der Waals surface area contributed by atoms with E-state index in [1.807, 2.05) is 0 Å². The van der Waals surface area contributed by atoms with Crippen LogP contribution in [0.15, 0.2) is 11.6 Å². The lowest BCUT2D eigenvalue weighted by Gasteiger charge is -2.55. The molecule has 0 radical (unpaired) electrons. The average molecular weight is 349 g/mol. The fourth-order valence-corrected chi connectivity index (χ4v) is 5.70. The van der Waals surface area contributed by atoms with E-state index in [0.717, 1.165) is 12.0 Å². The van der Waals surface area contributed by atoms with E-state index in [0.29, 0.717) is 30.8 Å². The molecular formula is C20H31NO4. The van der Waals surface area contributed by atoms with E-state index in [1.54, 1.807) is 0 Å². The first kappa shape index (κ1) is 18.4. The minimum Gasteiger partial charge on any atom is -0.469 e. The SMILES string of the molecule is COC(=O)C[C@H](C)[C@H]1CCC[C@]12CCC[C@@H]1CC=C(C(=O)OC)CN12. The maximum atomic E-state index is 12.1. The summed E-state index contributed by atoms with van der Waals surface area (Å²) in [5.74, 6) is 0.486. The number of fused-ring (bicyclic) bond motifs is 2. The maximum absolute atomic E-state index is 12.1. The molecule has 3 rings (SSSR count). The first-order chi connectivity index (χ1) is 12.0. The number of nitrogens with zero attached hydrogens (tertiary/aromatic N) is 1. The number of carbonyl (C=O) groups is 2. The second-order valence-electron chi connectivity index (χ2n) is 7.99. The van der Waals surface area contributed by atoms with Crippen LogP contribution in [0.1, 0.15) is 58.3 Å². The zero-order valence-corrected chi connectivity index (χ0v) is 15.8. The van der Waals surface area contributed by atoms with Crippen LogP contribution in [-0.4, -0.2) is 49.2 Å². The van der Waals surface area contributed by atoms with Gasteiger partial charge in [0.1, 0.15) is 0 Å². The Morgan fingerprint density at radius 2 is 1.96 bits per heavy atom. The molecule has 0 unspecified atom stereocenters. The summed E-state index contributed by atoms with van der Waals surface area (Å²) in [5, 5.41) is 0. The van der Waals surface area contributed by atoms with E-state index in [4.69, 9.17) is 9.47 Å². The van der Waals surface area contributed by atoms with Crippen molar-refractivity contribution in [3.05, 3.63) is 11.6 Å². The summed E-state index contributed by atoms with van der Waals surface area (Å²) in [4.78, 5) is 26.5. The average Bonchev–Trinajstić information content (AvgIpc) is 3.05. The topological polar surface area (TPSA) is 55.8 Å². The van der Waals surface area contributed by atoms with Gasteiger partial charge in [-0.25, -0.2) is 4.79 Å². The van der Waals surface area contributed by atoms with Gasteiger partial charge in [-0.2, -0.15) is 0 Å². The third-order valence-corrected chi connectivity index (χ3v) is 6.80. The van der Waals surface area contributed by atoms with E-state index in [1.165, 1.54) is 52.7 Å². The first-order valence-electron chi connectivity index (χ1n) is 9.62. The summed E-state index contributed by atoms with van der Waals surface area (Å²) in [6.45, 7) is 2.89. The highest BCUT2D eigenvalue weighted by atomic mass is 16.5. The zero-order chi connectivity index (χ0) is 18.0. The molecule has 0 bridgehead atoms. The Hall–Kier alpha value is -1.36. The molecule has 1 aliphatic carbocycles. The smallest absolute Gasteiger partial charge is 0.334 e. The first-order valence-corrected chi connectivity index (χ1v) is 9.62. The summed E-state index contributed by atoms with van der Waals surface area (Å²) in [6.07, 6.45) is 10.7. The number of hydrogen-bond donors (Lipinski definition) is 0. The van der Waals surface area contributed by atoms with E-state index in [-0.39, 0.29) is 17.5 Å². The molecule has 4 atom stereocenters. The van der Waals surface area contributed by atoms with Gasteiger partial charge in [-0.15, -0.1) is 0 Å². The summed E-state index contributed by atoms with van der Waals surface area (Å²) in [5.41, 5.74) is 0.926. The highest BCUT2D eigenvalue weighted by Crippen LogP contribution is 2.52. The maximum Gasteiger partial charge on any atom is 0.334 e. The van der Waals surface area contributed by atoms with Crippen molar-refractivity contribution >= 4 is 11.9 Å². The molecule has 2 fully saturated rings. The molecule has 3 aliphatic rings. The van der Waals surface area contributed by atoms with Crippen molar-refractivity contribution in [1.29, 1.82) is 0 Å². The van der Waals surface area contributed by atoms with Crippen LogP contribution in [0, 0.1) is 11.8 Å². The number of esters is 2. The fourth-order valence-electron chi connectivity index (χ4n) is 5.70. The van der Waals surface area contributed by atoms with Crippen LogP contribution in [-0.2, 0) is 19.1 Å². The summed E-state index contributed by atoms with van der Waals surface area (Å²) in [7, 11) is 2.92. The molecule has 25 heavy (non-hydrogen) atoms. The molecule has 0 amide bonds. The summed E-state index contributed by atoms with van der Waals surface area (Å²) < 4.78 is 9.87. The number of ether oxygens (including phenoxy) is 2. The standard InChI is InChI=1S/C20H31NO4/c1-14(12-18(22)24-2)17-7-5-11-20(17)10-4-6-16-9-8-15(13-21(16)20)19(23)25-3/h8,14,16-17H,4-7,9-13H2,1-3H3/t14-,16+,17+,20+/m0/s1. The van der Waals surface area contributed by atoms with Crippen LogP contribution in [0.4, 0.5) is 0 Å². The minimum atomic E-state index is -0.198. The summed E-state index contributed by atoms with van der Waals surface area (Å²) >= 11 is 0. The Bertz CT molecular complexity index is 558. The zero-order valence-electron chi connectivity index (χ0n) is 15.8. The quantitative estimate of drug-likeness (QED) is 0.730. The van der Waals surface area contributed by atoms with Gasteiger partial charge in [-0.3, -0.25) is 9.69 Å².